The summed E-state index contributed by atoms with van der Waals surface area (Å²) in [6, 6.07) is 10.1. The van der Waals surface area contributed by atoms with Crippen molar-refractivity contribution < 1.29 is 8.42 Å². The number of nitrogens with one attached hydrogen (secondary N) is 2. The molecule has 0 bridgehead atoms. The van der Waals surface area contributed by atoms with Crippen molar-refractivity contribution in [3.63, 3.8) is 0 Å². The Balaban J connectivity index is 2.10. The fourth-order valence-electron chi connectivity index (χ4n) is 1.40. The molecular weight excluding hydrogens is 252 g/mol. The van der Waals surface area contributed by atoms with E-state index in [0.717, 1.165) is 5.56 Å². The van der Waals surface area contributed by atoms with E-state index < -0.39 is 10.0 Å². The third-order valence-electron chi connectivity index (χ3n) is 2.29. The molecule has 6 nitrogen and oxygen atoms in total. The molecule has 7 heteroatoms. The van der Waals surface area contributed by atoms with E-state index in [9.17, 15) is 8.42 Å². The lowest BCUT2D eigenvalue weighted by atomic mass is 10.1. The molecule has 0 amide bonds. The summed E-state index contributed by atoms with van der Waals surface area (Å²) < 4.78 is 26.0. The lowest BCUT2D eigenvalue weighted by Gasteiger charge is -2.04. The SMILES string of the molecule is N#Cc1cccc(CNS(=O)(=O)c2ccn[nH]2)c1. The Morgan fingerprint density at radius 1 is 1.39 bits per heavy atom. The summed E-state index contributed by atoms with van der Waals surface area (Å²) in [6.45, 7) is 0.122. The van der Waals surface area contributed by atoms with Gasteiger partial charge in [-0.05, 0) is 23.8 Å². The Morgan fingerprint density at radius 2 is 2.22 bits per heavy atom. The number of nitriles is 1. The molecule has 2 aromatic rings. The van der Waals surface area contributed by atoms with Crippen LogP contribution in [-0.2, 0) is 16.6 Å². The van der Waals surface area contributed by atoms with E-state index in [-0.39, 0.29) is 11.6 Å². The van der Waals surface area contributed by atoms with Gasteiger partial charge in [-0.2, -0.15) is 10.4 Å². The van der Waals surface area contributed by atoms with Crippen LogP contribution in [-0.4, -0.2) is 18.6 Å². The minimum Gasteiger partial charge on any atom is -0.266 e. The molecule has 2 rings (SSSR count). The molecule has 0 fully saturated rings. The smallest absolute Gasteiger partial charge is 0.257 e. The van der Waals surface area contributed by atoms with Crippen molar-refractivity contribution in [3.05, 3.63) is 47.7 Å². The van der Waals surface area contributed by atoms with Crippen LogP contribution in [0.15, 0.2) is 41.6 Å². The Kier molecular flexibility index (Phi) is 3.41. The van der Waals surface area contributed by atoms with Gasteiger partial charge >= 0.3 is 0 Å². The molecule has 92 valence electrons. The average molecular weight is 262 g/mol. The zero-order valence-corrected chi connectivity index (χ0v) is 10.1. The van der Waals surface area contributed by atoms with Crippen LogP contribution in [0.1, 0.15) is 11.1 Å². The summed E-state index contributed by atoms with van der Waals surface area (Å²) in [5, 5.41) is 14.7. The average Bonchev–Trinajstić information content (AvgIpc) is 2.91. The first-order valence-electron chi connectivity index (χ1n) is 5.10. The molecule has 0 atom stereocenters. The fourth-order valence-corrected chi connectivity index (χ4v) is 2.32. The normalized spacial score (nSPS) is 11.1. The molecule has 0 unspecified atom stereocenters. The van der Waals surface area contributed by atoms with E-state index >= 15 is 0 Å². The molecule has 18 heavy (non-hydrogen) atoms. The summed E-state index contributed by atoms with van der Waals surface area (Å²) >= 11 is 0. The van der Waals surface area contributed by atoms with Gasteiger partial charge in [-0.15, -0.1) is 0 Å². The highest BCUT2D eigenvalue weighted by Gasteiger charge is 2.14. The maximum atomic E-state index is 11.8. The number of aromatic nitrogens is 2. The van der Waals surface area contributed by atoms with E-state index in [1.165, 1.54) is 12.3 Å². The van der Waals surface area contributed by atoms with Crippen LogP contribution in [0, 0.1) is 11.3 Å². The molecule has 1 heterocycles. The number of benzene rings is 1. The first kappa shape index (κ1) is 12.3. The Labute approximate surface area is 104 Å². The minimum absolute atomic E-state index is 0.0129. The van der Waals surface area contributed by atoms with Crippen LogP contribution < -0.4 is 4.72 Å². The van der Waals surface area contributed by atoms with Crippen LogP contribution in [0.4, 0.5) is 0 Å². The summed E-state index contributed by atoms with van der Waals surface area (Å²) in [7, 11) is -3.59. The van der Waals surface area contributed by atoms with Gasteiger partial charge < -0.3 is 0 Å². The zero-order chi connectivity index (χ0) is 13.0. The number of rotatable bonds is 4. The monoisotopic (exact) mass is 262 g/mol. The van der Waals surface area contributed by atoms with E-state index in [1.807, 2.05) is 6.07 Å². The van der Waals surface area contributed by atoms with Crippen molar-refractivity contribution in [1.82, 2.24) is 14.9 Å². The van der Waals surface area contributed by atoms with Gasteiger partial charge in [0.25, 0.3) is 10.0 Å². The van der Waals surface area contributed by atoms with Crippen molar-refractivity contribution in [2.24, 2.45) is 0 Å². The fraction of sp³-hybridized carbons (Fsp3) is 0.0909. The van der Waals surface area contributed by atoms with Crippen molar-refractivity contribution >= 4 is 10.0 Å². The largest absolute Gasteiger partial charge is 0.266 e. The van der Waals surface area contributed by atoms with Crippen LogP contribution >= 0.6 is 0 Å². The molecule has 0 spiro atoms. The number of sulfonamides is 1. The van der Waals surface area contributed by atoms with Gasteiger partial charge in [-0.3, -0.25) is 5.10 Å². The molecule has 1 aromatic heterocycles. The van der Waals surface area contributed by atoms with Gasteiger partial charge in [-0.1, -0.05) is 12.1 Å². The second kappa shape index (κ2) is 5.00. The molecule has 1 aromatic carbocycles. The van der Waals surface area contributed by atoms with E-state index in [1.54, 1.807) is 24.3 Å². The molecule has 0 saturated carbocycles. The maximum Gasteiger partial charge on any atom is 0.257 e. The van der Waals surface area contributed by atoms with Crippen molar-refractivity contribution in [1.29, 1.82) is 5.26 Å². The molecule has 0 radical (unpaired) electrons. The Hall–Kier alpha value is -2.17. The zero-order valence-electron chi connectivity index (χ0n) is 9.29. The van der Waals surface area contributed by atoms with Crippen molar-refractivity contribution in [2.75, 3.05) is 0 Å². The number of hydrogen-bond acceptors (Lipinski definition) is 4. The summed E-state index contributed by atoms with van der Waals surface area (Å²) in [6.07, 6.45) is 1.37. The van der Waals surface area contributed by atoms with E-state index in [0.29, 0.717) is 5.56 Å². The molecule has 0 aliphatic carbocycles. The van der Waals surface area contributed by atoms with Gasteiger partial charge in [0.1, 0.15) is 0 Å². The third kappa shape index (κ3) is 2.74. The van der Waals surface area contributed by atoms with Gasteiger partial charge in [-0.25, -0.2) is 13.1 Å². The number of nitrogens with zero attached hydrogens (tertiary/aromatic N) is 2. The first-order valence-corrected chi connectivity index (χ1v) is 6.58. The van der Waals surface area contributed by atoms with Crippen LogP contribution in [0.25, 0.3) is 0 Å². The minimum atomic E-state index is -3.59. The molecular formula is C11H10N4O2S. The summed E-state index contributed by atoms with van der Waals surface area (Å²) in [5.74, 6) is 0. The lowest BCUT2D eigenvalue weighted by molar-refractivity contribution is 0.577. The number of H-pyrrole nitrogens is 1. The van der Waals surface area contributed by atoms with Crippen molar-refractivity contribution in [3.8, 4) is 6.07 Å². The van der Waals surface area contributed by atoms with Gasteiger partial charge in [0.05, 0.1) is 17.8 Å². The molecule has 0 aliphatic rings. The number of aromatic amines is 1. The van der Waals surface area contributed by atoms with Gasteiger partial charge in [0, 0.05) is 6.54 Å². The maximum absolute atomic E-state index is 11.8. The molecule has 0 saturated heterocycles. The second-order valence-corrected chi connectivity index (χ2v) is 5.29. The van der Waals surface area contributed by atoms with Gasteiger partial charge in [0.15, 0.2) is 5.03 Å². The van der Waals surface area contributed by atoms with Crippen LogP contribution in [0.2, 0.25) is 0 Å². The summed E-state index contributed by atoms with van der Waals surface area (Å²) in [4.78, 5) is 0. The van der Waals surface area contributed by atoms with E-state index in [4.69, 9.17) is 5.26 Å². The predicted molar refractivity (Wildman–Crippen MR) is 63.8 cm³/mol. The van der Waals surface area contributed by atoms with Crippen LogP contribution in [0.5, 0.6) is 0 Å². The van der Waals surface area contributed by atoms with Crippen LogP contribution in [0.3, 0.4) is 0 Å². The second-order valence-electron chi connectivity index (χ2n) is 3.56. The summed E-state index contributed by atoms with van der Waals surface area (Å²) in [5.41, 5.74) is 1.21. The highest BCUT2D eigenvalue weighted by Crippen LogP contribution is 2.07. The standard InChI is InChI=1S/C11H10N4O2S/c12-7-9-2-1-3-10(6-9)8-14-18(16,17)11-4-5-13-15-11/h1-6,14H,8H2,(H,13,15). The lowest BCUT2D eigenvalue weighted by Crippen LogP contribution is -2.23. The van der Waals surface area contributed by atoms with Crippen molar-refractivity contribution in [2.45, 2.75) is 11.6 Å². The highest BCUT2D eigenvalue weighted by atomic mass is 32.2. The van der Waals surface area contributed by atoms with E-state index in [2.05, 4.69) is 14.9 Å². The first-order chi connectivity index (χ1) is 8.62. The quantitative estimate of drug-likeness (QED) is 0.849. The Bertz CT molecular complexity index is 671. The molecule has 0 aliphatic heterocycles. The molecule has 2 N–H and O–H groups in total. The highest BCUT2D eigenvalue weighted by molar-refractivity contribution is 7.89. The third-order valence-corrected chi connectivity index (χ3v) is 3.62. The topological polar surface area (TPSA) is 98.6 Å². The number of hydrogen-bond donors (Lipinski definition) is 2. The van der Waals surface area contributed by atoms with Gasteiger partial charge in [0.2, 0.25) is 0 Å². The Morgan fingerprint density at radius 3 is 2.89 bits per heavy atom. The predicted octanol–water partition coefficient (Wildman–Crippen LogP) is 0.760.